The maximum atomic E-state index is 14.5. The van der Waals surface area contributed by atoms with Crippen molar-refractivity contribution in [2.24, 2.45) is 0 Å². The fourth-order valence-electron chi connectivity index (χ4n) is 4.21. The Labute approximate surface area is 152 Å². The van der Waals surface area contributed by atoms with E-state index < -0.39 is 11.6 Å². The number of hydrogen-bond donors (Lipinski definition) is 0. The van der Waals surface area contributed by atoms with E-state index in [-0.39, 0.29) is 17.8 Å². The molecule has 1 nitrogen and oxygen atoms in total. The highest BCUT2D eigenvalue weighted by molar-refractivity contribution is 5.33. The second-order valence-electron chi connectivity index (χ2n) is 7.45. The van der Waals surface area contributed by atoms with Gasteiger partial charge in [-0.05, 0) is 66.7 Å². The summed E-state index contributed by atoms with van der Waals surface area (Å²) in [6.45, 7) is 2.41. The second kappa shape index (κ2) is 7.07. The van der Waals surface area contributed by atoms with E-state index in [4.69, 9.17) is 4.74 Å². The van der Waals surface area contributed by atoms with Crippen LogP contribution in [0, 0.1) is 17.5 Å². The van der Waals surface area contributed by atoms with Crippen LogP contribution in [0.3, 0.4) is 0 Å². The fourth-order valence-corrected chi connectivity index (χ4v) is 4.21. The van der Waals surface area contributed by atoms with E-state index in [1.807, 2.05) is 19.1 Å². The van der Waals surface area contributed by atoms with Crippen molar-refractivity contribution in [2.75, 3.05) is 6.61 Å². The Morgan fingerprint density at radius 3 is 2.12 bits per heavy atom. The molecule has 1 aliphatic carbocycles. The SMILES string of the molecule is CCc1ccc(C2CCC(c3ccc(C4CO4)c(F)c3F)CC2)cc1F. The Morgan fingerprint density at radius 1 is 0.885 bits per heavy atom. The van der Waals surface area contributed by atoms with Gasteiger partial charge in [-0.15, -0.1) is 0 Å². The first-order valence-corrected chi connectivity index (χ1v) is 9.46. The van der Waals surface area contributed by atoms with E-state index in [0.29, 0.717) is 30.1 Å². The maximum absolute atomic E-state index is 14.5. The Balaban J connectivity index is 1.47. The molecular formula is C22H23F3O. The first-order chi connectivity index (χ1) is 12.6. The molecule has 4 rings (SSSR count). The number of benzene rings is 2. The smallest absolute Gasteiger partial charge is 0.165 e. The van der Waals surface area contributed by atoms with Crippen LogP contribution in [0.15, 0.2) is 30.3 Å². The number of halogens is 3. The van der Waals surface area contributed by atoms with Gasteiger partial charge in [0.2, 0.25) is 0 Å². The van der Waals surface area contributed by atoms with Gasteiger partial charge < -0.3 is 4.74 Å². The monoisotopic (exact) mass is 360 g/mol. The van der Waals surface area contributed by atoms with Crippen molar-refractivity contribution < 1.29 is 17.9 Å². The largest absolute Gasteiger partial charge is 0.368 e. The molecule has 2 aromatic carbocycles. The lowest BCUT2D eigenvalue weighted by atomic mass is 9.75. The van der Waals surface area contributed by atoms with Crippen molar-refractivity contribution in [3.8, 4) is 0 Å². The summed E-state index contributed by atoms with van der Waals surface area (Å²) in [6, 6.07) is 8.91. The van der Waals surface area contributed by atoms with Crippen LogP contribution in [-0.4, -0.2) is 6.61 Å². The topological polar surface area (TPSA) is 12.5 Å². The predicted molar refractivity (Wildman–Crippen MR) is 94.8 cm³/mol. The lowest BCUT2D eigenvalue weighted by molar-refractivity contribution is 0.375. The minimum atomic E-state index is -0.760. The number of aryl methyl sites for hydroxylation is 1. The van der Waals surface area contributed by atoms with Gasteiger partial charge in [0.05, 0.1) is 6.61 Å². The van der Waals surface area contributed by atoms with Crippen LogP contribution in [0.2, 0.25) is 0 Å². The molecule has 1 aliphatic heterocycles. The number of rotatable bonds is 4. The van der Waals surface area contributed by atoms with Crippen LogP contribution in [0.4, 0.5) is 13.2 Å². The van der Waals surface area contributed by atoms with E-state index in [1.165, 1.54) is 0 Å². The van der Waals surface area contributed by atoms with Gasteiger partial charge in [0, 0.05) is 5.56 Å². The lowest BCUT2D eigenvalue weighted by Gasteiger charge is -2.29. The maximum Gasteiger partial charge on any atom is 0.165 e. The first-order valence-electron chi connectivity index (χ1n) is 9.46. The average molecular weight is 360 g/mol. The van der Waals surface area contributed by atoms with Gasteiger partial charge in [-0.1, -0.05) is 31.2 Å². The average Bonchev–Trinajstić information content (AvgIpc) is 3.49. The molecule has 0 spiro atoms. The Kier molecular flexibility index (Phi) is 4.78. The van der Waals surface area contributed by atoms with E-state index in [9.17, 15) is 13.2 Å². The van der Waals surface area contributed by atoms with Gasteiger partial charge in [0.1, 0.15) is 11.9 Å². The van der Waals surface area contributed by atoms with Gasteiger partial charge in [-0.3, -0.25) is 0 Å². The molecule has 0 N–H and O–H groups in total. The zero-order chi connectivity index (χ0) is 18.3. The van der Waals surface area contributed by atoms with Gasteiger partial charge in [0.25, 0.3) is 0 Å². The van der Waals surface area contributed by atoms with Gasteiger partial charge >= 0.3 is 0 Å². The zero-order valence-corrected chi connectivity index (χ0v) is 14.9. The molecule has 4 heteroatoms. The van der Waals surface area contributed by atoms with Crippen LogP contribution in [0.25, 0.3) is 0 Å². The molecule has 0 radical (unpaired) electrons. The van der Waals surface area contributed by atoms with E-state index >= 15 is 0 Å². The molecule has 26 heavy (non-hydrogen) atoms. The third-order valence-corrected chi connectivity index (χ3v) is 5.92. The summed E-state index contributed by atoms with van der Waals surface area (Å²) in [7, 11) is 0. The van der Waals surface area contributed by atoms with Crippen molar-refractivity contribution in [2.45, 2.75) is 57.0 Å². The minimum absolute atomic E-state index is 0.0229. The number of hydrogen-bond acceptors (Lipinski definition) is 1. The third-order valence-electron chi connectivity index (χ3n) is 5.92. The third kappa shape index (κ3) is 3.27. The van der Waals surface area contributed by atoms with Crippen molar-refractivity contribution in [3.05, 3.63) is 70.0 Å². The Hall–Kier alpha value is -1.81. The van der Waals surface area contributed by atoms with Gasteiger partial charge in [0.15, 0.2) is 11.6 Å². The first kappa shape index (κ1) is 17.6. The van der Waals surface area contributed by atoms with Crippen LogP contribution < -0.4 is 0 Å². The molecule has 1 saturated carbocycles. The van der Waals surface area contributed by atoms with E-state index in [0.717, 1.165) is 36.8 Å². The van der Waals surface area contributed by atoms with E-state index in [2.05, 4.69) is 0 Å². The number of epoxide rings is 1. The molecule has 1 unspecified atom stereocenters. The molecule has 2 fully saturated rings. The summed E-state index contributed by atoms with van der Waals surface area (Å²) in [5.41, 5.74) is 2.55. The molecule has 0 aromatic heterocycles. The van der Waals surface area contributed by atoms with Crippen molar-refractivity contribution in [1.29, 1.82) is 0 Å². The lowest BCUT2D eigenvalue weighted by Crippen LogP contribution is -2.14. The highest BCUT2D eigenvalue weighted by Crippen LogP contribution is 2.43. The zero-order valence-electron chi connectivity index (χ0n) is 14.9. The summed E-state index contributed by atoms with van der Waals surface area (Å²) < 4.78 is 47.9. The minimum Gasteiger partial charge on any atom is -0.368 e. The molecular weight excluding hydrogens is 337 g/mol. The van der Waals surface area contributed by atoms with Gasteiger partial charge in [-0.2, -0.15) is 0 Å². The number of ether oxygens (including phenoxy) is 1. The predicted octanol–water partition coefficient (Wildman–Crippen LogP) is 6.18. The summed E-state index contributed by atoms with van der Waals surface area (Å²) in [6.07, 6.45) is 3.71. The summed E-state index contributed by atoms with van der Waals surface area (Å²) >= 11 is 0. The molecule has 2 aromatic rings. The quantitative estimate of drug-likeness (QED) is 0.593. The molecule has 138 valence electrons. The summed E-state index contributed by atoms with van der Waals surface area (Å²) in [4.78, 5) is 0. The molecule has 1 saturated heterocycles. The normalized spacial score (nSPS) is 25.3. The standard InChI is InChI=1S/C22H23F3O/c1-2-13-3-8-16(11-19(13)23)14-4-6-15(7-5-14)17-9-10-18(20-12-26-20)22(25)21(17)24/h3,8-11,14-15,20H,2,4-7,12H2,1H3. The van der Waals surface area contributed by atoms with Gasteiger partial charge in [-0.25, -0.2) is 13.2 Å². The summed E-state index contributed by atoms with van der Waals surface area (Å²) in [5.74, 6) is -1.31. The van der Waals surface area contributed by atoms with Crippen molar-refractivity contribution in [1.82, 2.24) is 0 Å². The Bertz CT molecular complexity index is 805. The highest BCUT2D eigenvalue weighted by Gasteiger charge is 2.32. The molecule has 1 heterocycles. The second-order valence-corrected chi connectivity index (χ2v) is 7.45. The van der Waals surface area contributed by atoms with Crippen molar-refractivity contribution in [3.63, 3.8) is 0 Å². The molecule has 0 bridgehead atoms. The van der Waals surface area contributed by atoms with E-state index in [1.54, 1.807) is 18.2 Å². The molecule has 1 atom stereocenters. The van der Waals surface area contributed by atoms with Crippen LogP contribution in [0.1, 0.15) is 72.8 Å². The summed E-state index contributed by atoms with van der Waals surface area (Å²) in [5, 5.41) is 0. The van der Waals surface area contributed by atoms with Crippen molar-refractivity contribution >= 4 is 0 Å². The van der Waals surface area contributed by atoms with Crippen LogP contribution >= 0.6 is 0 Å². The fraction of sp³-hybridized carbons (Fsp3) is 0.455. The van der Waals surface area contributed by atoms with Crippen LogP contribution in [-0.2, 0) is 11.2 Å². The highest BCUT2D eigenvalue weighted by atomic mass is 19.2. The Morgan fingerprint density at radius 2 is 1.50 bits per heavy atom. The van der Waals surface area contributed by atoms with Crippen LogP contribution in [0.5, 0.6) is 0 Å². The molecule has 2 aliphatic rings. The molecule has 0 amide bonds.